The first-order valence-electron chi connectivity index (χ1n) is 7.37. The molecule has 0 aliphatic rings. The Morgan fingerprint density at radius 1 is 1.33 bits per heavy atom. The van der Waals surface area contributed by atoms with E-state index in [0.29, 0.717) is 12.0 Å². The van der Waals surface area contributed by atoms with Crippen molar-refractivity contribution in [3.05, 3.63) is 17.5 Å². The molecular weight excluding hydrogens is 222 g/mol. The first-order valence-corrected chi connectivity index (χ1v) is 7.37. The standard InChI is InChI=1S/C15H29N3/c1-6-9-10-13(7-2)14(16-8-3)15-12(4)11-17-18(15)5/h11,13-14,16H,6-10H2,1-5H3. The van der Waals surface area contributed by atoms with Crippen molar-refractivity contribution >= 4 is 0 Å². The Bertz CT molecular complexity index is 324. The van der Waals surface area contributed by atoms with Gasteiger partial charge in [0.05, 0.1) is 17.9 Å². The SMILES string of the molecule is CCCCC(CC)C(NCC)c1c(C)cnn1C. The molecule has 0 aliphatic heterocycles. The first-order chi connectivity index (χ1) is 8.65. The smallest absolute Gasteiger partial charge is 0.0582 e. The summed E-state index contributed by atoms with van der Waals surface area (Å²) in [6, 6.07) is 0.444. The molecule has 0 spiro atoms. The Hall–Kier alpha value is -0.830. The highest BCUT2D eigenvalue weighted by molar-refractivity contribution is 5.20. The molecule has 104 valence electrons. The molecule has 0 fully saturated rings. The zero-order valence-corrected chi connectivity index (χ0v) is 12.7. The second kappa shape index (κ2) is 7.57. The van der Waals surface area contributed by atoms with Crippen LogP contribution in [-0.2, 0) is 7.05 Å². The van der Waals surface area contributed by atoms with Crippen LogP contribution in [-0.4, -0.2) is 16.3 Å². The van der Waals surface area contributed by atoms with Crippen LogP contribution in [0.5, 0.6) is 0 Å². The predicted molar refractivity (Wildman–Crippen MR) is 77.7 cm³/mol. The van der Waals surface area contributed by atoms with E-state index in [4.69, 9.17) is 0 Å². The van der Waals surface area contributed by atoms with Crippen molar-refractivity contribution in [2.75, 3.05) is 6.54 Å². The van der Waals surface area contributed by atoms with E-state index in [2.05, 4.69) is 45.2 Å². The van der Waals surface area contributed by atoms with Gasteiger partial charge in [-0.2, -0.15) is 5.10 Å². The molecule has 0 saturated heterocycles. The van der Waals surface area contributed by atoms with Crippen LogP contribution in [0, 0.1) is 12.8 Å². The van der Waals surface area contributed by atoms with E-state index >= 15 is 0 Å². The van der Waals surface area contributed by atoms with Crippen LogP contribution in [0.2, 0.25) is 0 Å². The summed E-state index contributed by atoms with van der Waals surface area (Å²) in [6.07, 6.45) is 7.10. The summed E-state index contributed by atoms with van der Waals surface area (Å²) in [5, 5.41) is 8.06. The van der Waals surface area contributed by atoms with Crippen LogP contribution < -0.4 is 5.32 Å². The van der Waals surface area contributed by atoms with Gasteiger partial charge < -0.3 is 5.32 Å². The minimum atomic E-state index is 0.444. The molecule has 3 nitrogen and oxygen atoms in total. The lowest BCUT2D eigenvalue weighted by Crippen LogP contribution is -2.30. The van der Waals surface area contributed by atoms with Gasteiger partial charge in [-0.25, -0.2) is 0 Å². The molecule has 18 heavy (non-hydrogen) atoms. The fraction of sp³-hybridized carbons (Fsp3) is 0.800. The Balaban J connectivity index is 2.92. The molecule has 0 radical (unpaired) electrons. The molecule has 0 amide bonds. The average Bonchev–Trinajstić information content (AvgIpc) is 2.69. The molecule has 0 bridgehead atoms. The van der Waals surface area contributed by atoms with E-state index < -0.39 is 0 Å². The molecule has 3 heteroatoms. The van der Waals surface area contributed by atoms with Gasteiger partial charge in [0, 0.05) is 7.05 Å². The zero-order chi connectivity index (χ0) is 13.5. The van der Waals surface area contributed by atoms with Crippen molar-refractivity contribution in [3.63, 3.8) is 0 Å². The van der Waals surface area contributed by atoms with Crippen LogP contribution in [0.3, 0.4) is 0 Å². The van der Waals surface area contributed by atoms with E-state index in [1.165, 1.54) is 36.9 Å². The number of unbranched alkanes of at least 4 members (excludes halogenated alkanes) is 1. The van der Waals surface area contributed by atoms with Gasteiger partial charge in [0.15, 0.2) is 0 Å². The lowest BCUT2D eigenvalue weighted by atomic mass is 9.88. The molecule has 2 atom stereocenters. The third-order valence-corrected chi connectivity index (χ3v) is 3.82. The number of aryl methyl sites for hydroxylation is 2. The predicted octanol–water partition coefficient (Wildman–Crippen LogP) is 3.60. The number of hydrogen-bond acceptors (Lipinski definition) is 2. The van der Waals surface area contributed by atoms with Gasteiger partial charge in [0.2, 0.25) is 0 Å². The molecular formula is C15H29N3. The summed E-state index contributed by atoms with van der Waals surface area (Å²) in [4.78, 5) is 0. The summed E-state index contributed by atoms with van der Waals surface area (Å²) < 4.78 is 2.04. The molecule has 2 unspecified atom stereocenters. The molecule has 1 aromatic heterocycles. The van der Waals surface area contributed by atoms with Crippen LogP contribution in [0.1, 0.15) is 63.8 Å². The number of nitrogens with one attached hydrogen (secondary N) is 1. The van der Waals surface area contributed by atoms with Crippen molar-refractivity contribution in [2.24, 2.45) is 13.0 Å². The van der Waals surface area contributed by atoms with Gasteiger partial charge in [0.25, 0.3) is 0 Å². The Morgan fingerprint density at radius 2 is 2.06 bits per heavy atom. The van der Waals surface area contributed by atoms with Gasteiger partial charge in [-0.05, 0) is 31.4 Å². The quantitative estimate of drug-likeness (QED) is 0.765. The molecule has 0 saturated carbocycles. The molecule has 1 rings (SSSR count). The lowest BCUT2D eigenvalue weighted by molar-refractivity contribution is 0.314. The maximum atomic E-state index is 4.39. The van der Waals surface area contributed by atoms with Crippen molar-refractivity contribution < 1.29 is 0 Å². The largest absolute Gasteiger partial charge is 0.309 e. The summed E-state index contributed by atoms with van der Waals surface area (Å²) in [6.45, 7) is 9.93. The molecule has 1 heterocycles. The minimum Gasteiger partial charge on any atom is -0.309 e. The van der Waals surface area contributed by atoms with Gasteiger partial charge >= 0.3 is 0 Å². The first kappa shape index (κ1) is 15.2. The monoisotopic (exact) mass is 251 g/mol. The van der Waals surface area contributed by atoms with E-state index in [0.717, 1.165) is 6.54 Å². The van der Waals surface area contributed by atoms with Crippen molar-refractivity contribution in [1.29, 1.82) is 0 Å². The van der Waals surface area contributed by atoms with E-state index in [9.17, 15) is 0 Å². The molecule has 0 aliphatic carbocycles. The highest BCUT2D eigenvalue weighted by Gasteiger charge is 2.24. The normalized spacial score (nSPS) is 14.7. The van der Waals surface area contributed by atoms with Crippen molar-refractivity contribution in [1.82, 2.24) is 15.1 Å². The van der Waals surface area contributed by atoms with Gasteiger partial charge in [0.1, 0.15) is 0 Å². The fourth-order valence-electron chi connectivity index (χ4n) is 2.78. The Kier molecular flexibility index (Phi) is 6.41. The third-order valence-electron chi connectivity index (χ3n) is 3.82. The number of rotatable bonds is 8. The second-order valence-corrected chi connectivity index (χ2v) is 5.18. The maximum absolute atomic E-state index is 4.39. The van der Waals surface area contributed by atoms with E-state index in [-0.39, 0.29) is 0 Å². The van der Waals surface area contributed by atoms with Gasteiger partial charge in [-0.3, -0.25) is 4.68 Å². The lowest BCUT2D eigenvalue weighted by Gasteiger charge is -2.28. The van der Waals surface area contributed by atoms with E-state index in [1.807, 2.05) is 10.9 Å². The number of hydrogen-bond donors (Lipinski definition) is 1. The van der Waals surface area contributed by atoms with Gasteiger partial charge in [-0.15, -0.1) is 0 Å². The minimum absolute atomic E-state index is 0.444. The Morgan fingerprint density at radius 3 is 2.50 bits per heavy atom. The van der Waals surface area contributed by atoms with Crippen LogP contribution >= 0.6 is 0 Å². The molecule has 1 N–H and O–H groups in total. The second-order valence-electron chi connectivity index (χ2n) is 5.18. The number of aromatic nitrogens is 2. The molecule has 1 aromatic rings. The Labute approximate surface area is 112 Å². The summed E-state index contributed by atoms with van der Waals surface area (Å²) >= 11 is 0. The highest BCUT2D eigenvalue weighted by atomic mass is 15.3. The summed E-state index contributed by atoms with van der Waals surface area (Å²) in [7, 11) is 2.05. The zero-order valence-electron chi connectivity index (χ0n) is 12.7. The summed E-state index contributed by atoms with van der Waals surface area (Å²) in [5.74, 6) is 0.707. The van der Waals surface area contributed by atoms with Crippen LogP contribution in [0.4, 0.5) is 0 Å². The highest BCUT2D eigenvalue weighted by Crippen LogP contribution is 2.30. The fourth-order valence-corrected chi connectivity index (χ4v) is 2.78. The third kappa shape index (κ3) is 3.58. The maximum Gasteiger partial charge on any atom is 0.0582 e. The van der Waals surface area contributed by atoms with Gasteiger partial charge in [-0.1, -0.05) is 40.0 Å². The van der Waals surface area contributed by atoms with E-state index in [1.54, 1.807) is 0 Å². The number of nitrogens with zero attached hydrogens (tertiary/aromatic N) is 2. The van der Waals surface area contributed by atoms with Crippen molar-refractivity contribution in [3.8, 4) is 0 Å². The van der Waals surface area contributed by atoms with Crippen LogP contribution in [0.25, 0.3) is 0 Å². The average molecular weight is 251 g/mol. The van der Waals surface area contributed by atoms with Crippen LogP contribution in [0.15, 0.2) is 6.20 Å². The molecule has 0 aromatic carbocycles. The van der Waals surface area contributed by atoms with Crippen molar-refractivity contribution in [2.45, 2.75) is 59.4 Å². The topological polar surface area (TPSA) is 29.9 Å². The summed E-state index contributed by atoms with van der Waals surface area (Å²) in [5.41, 5.74) is 2.67.